The molecular weight excluding hydrogens is 356 g/mol. The molecule has 0 saturated carbocycles. The Morgan fingerprint density at radius 2 is 1.63 bits per heavy atom. The SMILES string of the molecule is O=C(Cc1ccccc1)n1nc(-c2cccs2)nc1NCc1ccccc1. The van der Waals surface area contributed by atoms with Crippen molar-refractivity contribution in [2.75, 3.05) is 5.32 Å². The monoisotopic (exact) mass is 374 g/mol. The van der Waals surface area contributed by atoms with Crippen molar-refractivity contribution in [2.45, 2.75) is 13.0 Å². The van der Waals surface area contributed by atoms with E-state index in [1.165, 1.54) is 4.68 Å². The van der Waals surface area contributed by atoms with Gasteiger partial charge in [0.1, 0.15) is 0 Å². The summed E-state index contributed by atoms with van der Waals surface area (Å²) in [4.78, 5) is 18.3. The van der Waals surface area contributed by atoms with Gasteiger partial charge in [0, 0.05) is 6.54 Å². The van der Waals surface area contributed by atoms with Gasteiger partial charge in [0.25, 0.3) is 5.91 Å². The maximum absolute atomic E-state index is 12.9. The second-order valence-electron chi connectivity index (χ2n) is 6.04. The van der Waals surface area contributed by atoms with Crippen LogP contribution in [0.1, 0.15) is 15.9 Å². The molecule has 2 aromatic heterocycles. The van der Waals surface area contributed by atoms with Gasteiger partial charge in [-0.3, -0.25) is 4.79 Å². The van der Waals surface area contributed by atoms with Crippen LogP contribution in [0.15, 0.2) is 78.2 Å². The van der Waals surface area contributed by atoms with Crippen LogP contribution in [0.5, 0.6) is 0 Å². The Balaban J connectivity index is 1.60. The van der Waals surface area contributed by atoms with E-state index < -0.39 is 0 Å². The first kappa shape index (κ1) is 17.2. The van der Waals surface area contributed by atoms with Gasteiger partial charge in [0.15, 0.2) is 5.82 Å². The summed E-state index contributed by atoms with van der Waals surface area (Å²) in [5.74, 6) is 0.900. The Morgan fingerprint density at radius 3 is 2.30 bits per heavy atom. The van der Waals surface area contributed by atoms with E-state index in [1.807, 2.05) is 78.2 Å². The summed E-state index contributed by atoms with van der Waals surface area (Å²) in [6, 6.07) is 23.6. The predicted molar refractivity (Wildman–Crippen MR) is 108 cm³/mol. The van der Waals surface area contributed by atoms with Gasteiger partial charge >= 0.3 is 0 Å². The molecule has 0 atom stereocenters. The molecule has 0 radical (unpaired) electrons. The zero-order valence-electron chi connectivity index (χ0n) is 14.6. The second-order valence-corrected chi connectivity index (χ2v) is 6.99. The third kappa shape index (κ3) is 4.12. The van der Waals surface area contributed by atoms with E-state index in [1.54, 1.807) is 11.3 Å². The van der Waals surface area contributed by atoms with Crippen LogP contribution in [0.4, 0.5) is 5.95 Å². The molecule has 0 aliphatic heterocycles. The van der Waals surface area contributed by atoms with E-state index in [2.05, 4.69) is 15.4 Å². The third-order valence-electron chi connectivity index (χ3n) is 4.08. The number of nitrogens with one attached hydrogen (secondary N) is 1. The smallest absolute Gasteiger partial charge is 0.254 e. The van der Waals surface area contributed by atoms with E-state index >= 15 is 0 Å². The first-order valence-corrected chi connectivity index (χ1v) is 9.53. The van der Waals surface area contributed by atoms with Gasteiger partial charge in [-0.1, -0.05) is 66.7 Å². The lowest BCUT2D eigenvalue weighted by molar-refractivity contribution is 0.0901. The standard InChI is InChI=1S/C21H18N4OS/c26-19(14-16-8-3-1-4-9-16)25-21(22-15-17-10-5-2-6-11-17)23-20(24-25)18-12-7-13-27-18/h1-13H,14-15H2,(H,22,23,24). The topological polar surface area (TPSA) is 59.8 Å². The summed E-state index contributed by atoms with van der Waals surface area (Å²) < 4.78 is 1.38. The molecule has 27 heavy (non-hydrogen) atoms. The molecule has 0 aliphatic rings. The van der Waals surface area contributed by atoms with Crippen molar-refractivity contribution in [1.29, 1.82) is 0 Å². The number of hydrogen-bond acceptors (Lipinski definition) is 5. The summed E-state index contributed by atoms with van der Waals surface area (Å²) >= 11 is 1.55. The van der Waals surface area contributed by atoms with Crippen molar-refractivity contribution in [2.24, 2.45) is 0 Å². The number of aromatic nitrogens is 3. The third-order valence-corrected chi connectivity index (χ3v) is 4.94. The molecule has 4 rings (SSSR count). The number of carbonyl (C=O) groups excluding carboxylic acids is 1. The van der Waals surface area contributed by atoms with Crippen molar-refractivity contribution in [3.63, 3.8) is 0 Å². The molecule has 134 valence electrons. The number of rotatable bonds is 6. The number of anilines is 1. The zero-order valence-corrected chi connectivity index (χ0v) is 15.4. The normalized spacial score (nSPS) is 10.7. The van der Waals surface area contributed by atoms with Crippen LogP contribution < -0.4 is 5.32 Å². The molecular formula is C21H18N4OS. The molecule has 5 nitrogen and oxygen atoms in total. The van der Waals surface area contributed by atoms with Crippen molar-refractivity contribution in [3.05, 3.63) is 89.3 Å². The second kappa shape index (κ2) is 7.97. The number of thiophene rings is 1. The van der Waals surface area contributed by atoms with E-state index in [9.17, 15) is 4.79 Å². The van der Waals surface area contributed by atoms with Crippen LogP contribution in [-0.2, 0) is 13.0 Å². The molecule has 1 N–H and O–H groups in total. The largest absolute Gasteiger partial charge is 0.350 e. The van der Waals surface area contributed by atoms with E-state index in [0.29, 0.717) is 18.3 Å². The van der Waals surface area contributed by atoms with Crippen LogP contribution in [-0.4, -0.2) is 20.7 Å². The summed E-state index contributed by atoms with van der Waals surface area (Å²) in [7, 11) is 0. The fourth-order valence-electron chi connectivity index (χ4n) is 2.73. The van der Waals surface area contributed by atoms with Crippen molar-refractivity contribution in [1.82, 2.24) is 14.8 Å². The minimum atomic E-state index is -0.118. The summed E-state index contributed by atoms with van der Waals surface area (Å²) in [5, 5.41) is 9.69. The lowest BCUT2D eigenvalue weighted by Crippen LogP contribution is -2.18. The molecule has 6 heteroatoms. The molecule has 0 amide bonds. The van der Waals surface area contributed by atoms with E-state index in [4.69, 9.17) is 0 Å². The first-order valence-electron chi connectivity index (χ1n) is 8.65. The zero-order chi connectivity index (χ0) is 18.5. The number of hydrogen-bond donors (Lipinski definition) is 1. The highest BCUT2D eigenvalue weighted by Crippen LogP contribution is 2.23. The summed E-state index contributed by atoms with van der Waals surface area (Å²) in [6.07, 6.45) is 0.272. The highest BCUT2D eigenvalue weighted by molar-refractivity contribution is 7.13. The van der Waals surface area contributed by atoms with Gasteiger partial charge in [-0.25, -0.2) is 0 Å². The van der Waals surface area contributed by atoms with E-state index in [0.717, 1.165) is 16.0 Å². The fourth-order valence-corrected chi connectivity index (χ4v) is 3.39. The molecule has 0 saturated heterocycles. The van der Waals surface area contributed by atoms with Crippen LogP contribution in [0.2, 0.25) is 0 Å². The molecule has 0 spiro atoms. The average molecular weight is 374 g/mol. The van der Waals surface area contributed by atoms with Crippen LogP contribution >= 0.6 is 11.3 Å². The minimum absolute atomic E-state index is 0.118. The van der Waals surface area contributed by atoms with Gasteiger partial charge in [-0.05, 0) is 22.6 Å². The van der Waals surface area contributed by atoms with Crippen molar-refractivity contribution in [3.8, 4) is 10.7 Å². The highest BCUT2D eigenvalue weighted by atomic mass is 32.1. The molecule has 0 aliphatic carbocycles. The Bertz CT molecular complexity index is 1010. The van der Waals surface area contributed by atoms with Gasteiger partial charge < -0.3 is 5.32 Å². The van der Waals surface area contributed by atoms with Crippen LogP contribution in [0, 0.1) is 0 Å². The van der Waals surface area contributed by atoms with Crippen molar-refractivity contribution < 1.29 is 4.79 Å². The molecule has 0 fully saturated rings. The first-order chi connectivity index (χ1) is 13.3. The van der Waals surface area contributed by atoms with E-state index in [-0.39, 0.29) is 12.3 Å². The summed E-state index contributed by atoms with van der Waals surface area (Å²) in [5.41, 5.74) is 2.06. The van der Waals surface area contributed by atoms with Crippen LogP contribution in [0.25, 0.3) is 10.7 Å². The van der Waals surface area contributed by atoms with Gasteiger partial charge in [0.2, 0.25) is 5.95 Å². The molecule has 0 bridgehead atoms. The molecule has 0 unspecified atom stereocenters. The maximum atomic E-state index is 12.9. The van der Waals surface area contributed by atoms with Gasteiger partial charge in [-0.15, -0.1) is 16.4 Å². The molecule has 2 aromatic carbocycles. The highest BCUT2D eigenvalue weighted by Gasteiger charge is 2.18. The van der Waals surface area contributed by atoms with Crippen LogP contribution in [0.3, 0.4) is 0 Å². The van der Waals surface area contributed by atoms with Gasteiger partial charge in [-0.2, -0.15) is 9.67 Å². The molecule has 2 heterocycles. The predicted octanol–water partition coefficient (Wildman–Crippen LogP) is 4.50. The Labute approximate surface area is 161 Å². The van der Waals surface area contributed by atoms with Crippen molar-refractivity contribution >= 4 is 23.2 Å². The Morgan fingerprint density at radius 1 is 0.926 bits per heavy atom. The minimum Gasteiger partial charge on any atom is -0.350 e. The Hall–Kier alpha value is -3.25. The number of carbonyl (C=O) groups is 1. The molecule has 4 aromatic rings. The quantitative estimate of drug-likeness (QED) is 0.540. The fraction of sp³-hybridized carbons (Fsp3) is 0.0952. The Kier molecular flexibility index (Phi) is 5.07. The van der Waals surface area contributed by atoms with Gasteiger partial charge in [0.05, 0.1) is 11.3 Å². The average Bonchev–Trinajstić information content (AvgIpc) is 3.38. The maximum Gasteiger partial charge on any atom is 0.254 e. The summed E-state index contributed by atoms with van der Waals surface area (Å²) in [6.45, 7) is 0.571. The number of nitrogens with zero attached hydrogens (tertiary/aromatic N) is 3. The lowest BCUT2D eigenvalue weighted by atomic mass is 10.1. The lowest BCUT2D eigenvalue weighted by Gasteiger charge is -2.07. The number of benzene rings is 2.